The summed E-state index contributed by atoms with van der Waals surface area (Å²) < 4.78 is 0. The molecule has 1 saturated heterocycles. The van der Waals surface area contributed by atoms with E-state index in [1.54, 1.807) is 0 Å². The molecule has 0 aromatic heterocycles. The lowest BCUT2D eigenvalue weighted by Gasteiger charge is -2.33. The van der Waals surface area contributed by atoms with Gasteiger partial charge < -0.3 is 15.5 Å². The van der Waals surface area contributed by atoms with Crippen LogP contribution in [-0.4, -0.2) is 43.4 Å². The van der Waals surface area contributed by atoms with E-state index in [0.29, 0.717) is 12.3 Å². The maximum absolute atomic E-state index is 12.7. The summed E-state index contributed by atoms with van der Waals surface area (Å²) in [5, 5.41) is 6.13. The van der Waals surface area contributed by atoms with Crippen LogP contribution in [0.4, 0.5) is 0 Å². The second-order valence-electron chi connectivity index (χ2n) is 6.75. The number of carbonyl (C=O) groups is 2. The number of likely N-dealkylation sites (tertiary alicyclic amines) is 1. The van der Waals surface area contributed by atoms with Crippen LogP contribution in [-0.2, 0) is 9.59 Å². The number of piperidine rings is 1. The quantitative estimate of drug-likeness (QED) is 0.811. The average Bonchev–Trinajstić information content (AvgIpc) is 2.55. The third-order valence-electron chi connectivity index (χ3n) is 4.70. The smallest absolute Gasteiger partial charge is 0.224 e. The van der Waals surface area contributed by atoms with E-state index in [2.05, 4.69) is 10.6 Å². The molecule has 1 heterocycles. The Balaban J connectivity index is 0.00000312. The van der Waals surface area contributed by atoms with Crippen molar-refractivity contribution >= 4 is 24.2 Å². The molecule has 1 atom stereocenters. The monoisotopic (exact) mass is 367 g/mol. The van der Waals surface area contributed by atoms with Crippen LogP contribution >= 0.6 is 12.4 Å². The molecule has 2 amide bonds. The zero-order chi connectivity index (χ0) is 17.5. The predicted molar refractivity (Wildman–Crippen MR) is 103 cm³/mol. The molecule has 0 radical (unpaired) electrons. The van der Waals surface area contributed by atoms with Crippen LogP contribution in [0.15, 0.2) is 24.3 Å². The maximum atomic E-state index is 12.7. The van der Waals surface area contributed by atoms with Gasteiger partial charge in [-0.05, 0) is 44.8 Å². The number of halogens is 1. The predicted octanol–water partition coefficient (Wildman–Crippen LogP) is 2.44. The third-order valence-corrected chi connectivity index (χ3v) is 4.70. The van der Waals surface area contributed by atoms with E-state index in [-0.39, 0.29) is 30.3 Å². The van der Waals surface area contributed by atoms with Gasteiger partial charge in [0.15, 0.2) is 0 Å². The van der Waals surface area contributed by atoms with E-state index in [4.69, 9.17) is 0 Å². The molecule has 1 aliphatic rings. The SMILES string of the molecule is CNCC1CCN(C(=O)CC(NC(C)=O)c2ccc(C)cc2)CC1.Cl. The van der Waals surface area contributed by atoms with Crippen LogP contribution in [0, 0.1) is 12.8 Å². The Bertz CT molecular complexity index is 554. The van der Waals surface area contributed by atoms with Crippen LogP contribution in [0.5, 0.6) is 0 Å². The van der Waals surface area contributed by atoms with E-state index >= 15 is 0 Å². The summed E-state index contributed by atoms with van der Waals surface area (Å²) in [6.45, 7) is 6.16. The van der Waals surface area contributed by atoms with Crippen LogP contribution in [0.1, 0.15) is 43.4 Å². The van der Waals surface area contributed by atoms with E-state index in [9.17, 15) is 9.59 Å². The van der Waals surface area contributed by atoms with Crippen molar-refractivity contribution in [2.24, 2.45) is 5.92 Å². The summed E-state index contributed by atoms with van der Waals surface area (Å²) in [5.74, 6) is 0.667. The first-order valence-electron chi connectivity index (χ1n) is 8.75. The number of nitrogens with zero attached hydrogens (tertiary/aromatic N) is 1. The number of nitrogens with one attached hydrogen (secondary N) is 2. The zero-order valence-corrected chi connectivity index (χ0v) is 16.2. The lowest BCUT2D eigenvalue weighted by Crippen LogP contribution is -2.42. The van der Waals surface area contributed by atoms with Crippen LogP contribution in [0.3, 0.4) is 0 Å². The third kappa shape index (κ3) is 6.67. The van der Waals surface area contributed by atoms with E-state index in [1.165, 1.54) is 12.5 Å². The van der Waals surface area contributed by atoms with Gasteiger partial charge in [0.1, 0.15) is 0 Å². The Hall–Kier alpha value is -1.59. The molecule has 0 saturated carbocycles. The highest BCUT2D eigenvalue weighted by Crippen LogP contribution is 2.22. The minimum atomic E-state index is -0.259. The van der Waals surface area contributed by atoms with Crippen molar-refractivity contribution < 1.29 is 9.59 Å². The van der Waals surface area contributed by atoms with Crippen molar-refractivity contribution in [1.29, 1.82) is 0 Å². The van der Waals surface area contributed by atoms with Gasteiger partial charge in [0.2, 0.25) is 11.8 Å². The fraction of sp³-hybridized carbons (Fsp3) is 0.579. The Morgan fingerprint density at radius 2 is 1.80 bits per heavy atom. The standard InChI is InChI=1S/C19H29N3O2.ClH/c1-14-4-6-17(7-5-14)18(21-15(2)23)12-19(24)22-10-8-16(9-11-22)13-20-3;/h4-7,16,18,20H,8-13H2,1-3H3,(H,21,23);1H. The molecule has 1 fully saturated rings. The molecule has 0 aliphatic carbocycles. The highest BCUT2D eigenvalue weighted by atomic mass is 35.5. The van der Waals surface area contributed by atoms with Gasteiger partial charge in [0.25, 0.3) is 0 Å². The molecule has 25 heavy (non-hydrogen) atoms. The fourth-order valence-electron chi connectivity index (χ4n) is 3.28. The highest BCUT2D eigenvalue weighted by molar-refractivity contribution is 5.85. The number of hydrogen-bond acceptors (Lipinski definition) is 3. The molecule has 1 unspecified atom stereocenters. The summed E-state index contributed by atoms with van der Waals surface area (Å²) in [7, 11) is 1.97. The fourth-order valence-corrected chi connectivity index (χ4v) is 3.28. The van der Waals surface area contributed by atoms with Gasteiger partial charge in [-0.3, -0.25) is 9.59 Å². The summed E-state index contributed by atoms with van der Waals surface area (Å²) in [6.07, 6.45) is 2.41. The van der Waals surface area contributed by atoms with Crippen molar-refractivity contribution in [1.82, 2.24) is 15.5 Å². The van der Waals surface area contributed by atoms with Gasteiger partial charge in [-0.1, -0.05) is 29.8 Å². The van der Waals surface area contributed by atoms with Crippen molar-refractivity contribution in [3.05, 3.63) is 35.4 Å². The van der Waals surface area contributed by atoms with Crippen molar-refractivity contribution in [2.75, 3.05) is 26.7 Å². The molecule has 2 N–H and O–H groups in total. The first-order chi connectivity index (χ1) is 11.5. The van der Waals surface area contributed by atoms with E-state index in [0.717, 1.165) is 38.0 Å². The second kappa shape index (κ2) is 10.4. The zero-order valence-electron chi connectivity index (χ0n) is 15.4. The molecule has 2 rings (SSSR count). The van der Waals surface area contributed by atoms with Crippen LogP contribution in [0.25, 0.3) is 0 Å². The average molecular weight is 368 g/mol. The number of aryl methyl sites for hydroxylation is 1. The summed E-state index contributed by atoms with van der Waals surface area (Å²) >= 11 is 0. The summed E-state index contributed by atoms with van der Waals surface area (Å²) in [5.41, 5.74) is 2.15. The van der Waals surface area contributed by atoms with Crippen molar-refractivity contribution in [3.63, 3.8) is 0 Å². The Labute approximate surface area is 157 Å². The van der Waals surface area contributed by atoms with Gasteiger partial charge in [-0.25, -0.2) is 0 Å². The highest BCUT2D eigenvalue weighted by Gasteiger charge is 2.25. The molecule has 140 valence electrons. The minimum absolute atomic E-state index is 0. The Morgan fingerprint density at radius 1 is 1.20 bits per heavy atom. The minimum Gasteiger partial charge on any atom is -0.349 e. The first-order valence-corrected chi connectivity index (χ1v) is 8.75. The van der Waals surface area contributed by atoms with Crippen LogP contribution < -0.4 is 10.6 Å². The number of carbonyl (C=O) groups excluding carboxylic acids is 2. The first kappa shape index (κ1) is 21.5. The molecule has 1 aliphatic heterocycles. The number of amides is 2. The molecule has 1 aromatic carbocycles. The van der Waals surface area contributed by atoms with Gasteiger partial charge >= 0.3 is 0 Å². The molecule has 5 nitrogen and oxygen atoms in total. The van der Waals surface area contributed by atoms with E-state index < -0.39 is 0 Å². The van der Waals surface area contributed by atoms with Crippen LogP contribution in [0.2, 0.25) is 0 Å². The van der Waals surface area contributed by atoms with Crippen molar-refractivity contribution in [3.8, 4) is 0 Å². The molecule has 1 aromatic rings. The van der Waals surface area contributed by atoms with E-state index in [1.807, 2.05) is 43.1 Å². The molecular formula is C19H30ClN3O2. The largest absolute Gasteiger partial charge is 0.349 e. The molecule has 0 spiro atoms. The maximum Gasteiger partial charge on any atom is 0.224 e. The summed E-state index contributed by atoms with van der Waals surface area (Å²) in [4.78, 5) is 26.1. The lowest BCUT2D eigenvalue weighted by atomic mass is 9.95. The molecule has 0 bridgehead atoms. The molecule has 6 heteroatoms. The van der Waals surface area contributed by atoms with Gasteiger partial charge in [0.05, 0.1) is 12.5 Å². The number of hydrogen-bond donors (Lipinski definition) is 2. The second-order valence-corrected chi connectivity index (χ2v) is 6.75. The van der Waals surface area contributed by atoms with Gasteiger partial charge in [-0.15, -0.1) is 12.4 Å². The number of rotatable bonds is 6. The van der Waals surface area contributed by atoms with Gasteiger partial charge in [-0.2, -0.15) is 0 Å². The number of benzene rings is 1. The molecular weight excluding hydrogens is 338 g/mol. The summed E-state index contributed by atoms with van der Waals surface area (Å²) in [6, 6.07) is 7.74. The van der Waals surface area contributed by atoms with Crippen molar-refractivity contribution in [2.45, 2.75) is 39.2 Å². The topological polar surface area (TPSA) is 61.4 Å². The lowest BCUT2D eigenvalue weighted by molar-refractivity contribution is -0.133. The normalized spacial score (nSPS) is 16.0. The van der Waals surface area contributed by atoms with Gasteiger partial charge in [0, 0.05) is 20.0 Å². The Kier molecular flexibility index (Phi) is 8.93. The Morgan fingerprint density at radius 3 is 2.32 bits per heavy atom.